The van der Waals surface area contributed by atoms with Gasteiger partial charge in [-0.1, -0.05) is 55.2 Å². The zero-order chi connectivity index (χ0) is 15.3. The lowest BCUT2D eigenvalue weighted by atomic mass is 10.2. The van der Waals surface area contributed by atoms with Crippen molar-refractivity contribution in [1.29, 1.82) is 0 Å². The molecule has 0 aromatic rings. The first kappa shape index (κ1) is 16.9. The molecular formula is C16H28O2Si3. The van der Waals surface area contributed by atoms with Crippen LogP contribution in [-0.4, -0.2) is 26.6 Å². The molecular weight excluding hydrogens is 308 g/mol. The number of hydrogen-bond donors (Lipinski definition) is 0. The Kier molecular flexibility index (Phi) is 5.79. The molecule has 0 saturated heterocycles. The molecule has 2 aliphatic rings. The van der Waals surface area contributed by atoms with Gasteiger partial charge >= 0.3 is 8.56 Å². The van der Waals surface area contributed by atoms with E-state index in [1.54, 1.807) is 0 Å². The minimum atomic E-state index is -2.28. The van der Waals surface area contributed by atoms with Gasteiger partial charge in [0.2, 0.25) is 0 Å². The van der Waals surface area contributed by atoms with Crippen molar-refractivity contribution in [1.82, 2.24) is 0 Å². The molecule has 0 radical (unpaired) electrons. The molecule has 0 saturated carbocycles. The highest BCUT2D eigenvalue weighted by Gasteiger charge is 2.51. The van der Waals surface area contributed by atoms with Crippen LogP contribution in [0.2, 0.25) is 37.3 Å². The molecule has 0 aromatic carbocycles. The fourth-order valence-corrected chi connectivity index (χ4v) is 14.7. The van der Waals surface area contributed by atoms with Gasteiger partial charge in [-0.05, 0) is 32.5 Å². The van der Waals surface area contributed by atoms with E-state index in [0.29, 0.717) is 11.1 Å². The Hall–Kier alpha value is -0.469. The minimum Gasteiger partial charge on any atom is -0.441 e. The Bertz CT molecular complexity index is 431. The van der Waals surface area contributed by atoms with Gasteiger partial charge in [-0.15, -0.1) is 0 Å². The van der Waals surface area contributed by atoms with Crippen molar-refractivity contribution in [3.05, 3.63) is 48.6 Å². The summed E-state index contributed by atoms with van der Waals surface area (Å²) in [5.74, 6) is 0. The van der Waals surface area contributed by atoms with E-state index >= 15 is 0 Å². The van der Waals surface area contributed by atoms with Gasteiger partial charge in [-0.2, -0.15) is 0 Å². The summed E-state index contributed by atoms with van der Waals surface area (Å²) in [5, 5.41) is 0. The van der Waals surface area contributed by atoms with Crippen LogP contribution in [0.15, 0.2) is 48.6 Å². The topological polar surface area (TPSA) is 18.5 Å². The van der Waals surface area contributed by atoms with Crippen LogP contribution < -0.4 is 0 Å². The standard InChI is InChI=1S/C16H28O2Si3/c1-19-17-21(18-20(2,3)4,15-11-7-5-8-12-15)16-13-9-6-10-14-16/h5-11,13,15-16H,12,14,19H2,1-4H3. The second-order valence-electron chi connectivity index (χ2n) is 6.68. The van der Waals surface area contributed by atoms with E-state index in [1.165, 1.54) is 0 Å². The Morgan fingerprint density at radius 3 is 1.76 bits per heavy atom. The summed E-state index contributed by atoms with van der Waals surface area (Å²) in [6, 6.07) is 0. The second kappa shape index (κ2) is 7.19. The molecule has 0 amide bonds. The Labute approximate surface area is 134 Å². The van der Waals surface area contributed by atoms with Gasteiger partial charge in [0, 0.05) is 11.1 Å². The molecule has 0 spiro atoms. The predicted octanol–water partition coefficient (Wildman–Crippen LogP) is 4.20. The number of rotatable bonds is 6. The zero-order valence-corrected chi connectivity index (χ0v) is 17.1. The molecule has 0 N–H and O–H groups in total. The molecule has 5 heteroatoms. The average Bonchev–Trinajstić information content (AvgIpc) is 2.47. The maximum absolute atomic E-state index is 6.86. The van der Waals surface area contributed by atoms with Crippen molar-refractivity contribution in [3.63, 3.8) is 0 Å². The van der Waals surface area contributed by atoms with Crippen LogP contribution in [0.1, 0.15) is 12.8 Å². The van der Waals surface area contributed by atoms with Crippen molar-refractivity contribution in [2.24, 2.45) is 0 Å². The van der Waals surface area contributed by atoms with E-state index in [4.69, 9.17) is 8.23 Å². The normalized spacial score (nSPS) is 28.4. The average molecular weight is 337 g/mol. The van der Waals surface area contributed by atoms with E-state index < -0.39 is 26.6 Å². The van der Waals surface area contributed by atoms with Gasteiger partial charge in [0.15, 0.2) is 8.32 Å². The lowest BCUT2D eigenvalue weighted by molar-refractivity contribution is 0.363. The molecule has 2 rings (SSSR count). The van der Waals surface area contributed by atoms with Crippen molar-refractivity contribution < 1.29 is 8.23 Å². The van der Waals surface area contributed by atoms with Gasteiger partial charge < -0.3 is 8.23 Å². The van der Waals surface area contributed by atoms with Crippen molar-refractivity contribution >= 4 is 26.6 Å². The lowest BCUT2D eigenvalue weighted by Gasteiger charge is -2.45. The highest BCUT2D eigenvalue weighted by molar-refractivity contribution is 6.86. The zero-order valence-electron chi connectivity index (χ0n) is 13.7. The van der Waals surface area contributed by atoms with Crippen LogP contribution in [0.4, 0.5) is 0 Å². The van der Waals surface area contributed by atoms with Crippen LogP contribution >= 0.6 is 0 Å². The third kappa shape index (κ3) is 4.26. The third-order valence-electron chi connectivity index (χ3n) is 3.83. The van der Waals surface area contributed by atoms with Crippen molar-refractivity contribution in [2.75, 3.05) is 0 Å². The van der Waals surface area contributed by atoms with E-state index in [1.807, 2.05) is 0 Å². The van der Waals surface area contributed by atoms with Crippen LogP contribution in [-0.2, 0) is 8.23 Å². The van der Waals surface area contributed by atoms with Crippen molar-refractivity contribution in [2.45, 2.75) is 50.1 Å². The summed E-state index contributed by atoms with van der Waals surface area (Å²) in [6.45, 7) is 9.11. The molecule has 21 heavy (non-hydrogen) atoms. The first-order valence-corrected chi connectivity index (χ1v) is 15.4. The molecule has 0 aromatic heterocycles. The van der Waals surface area contributed by atoms with Gasteiger partial charge in [-0.25, -0.2) is 0 Å². The molecule has 2 nitrogen and oxygen atoms in total. The smallest absolute Gasteiger partial charge is 0.332 e. The van der Waals surface area contributed by atoms with Crippen LogP contribution in [0, 0.1) is 0 Å². The van der Waals surface area contributed by atoms with Crippen LogP contribution in [0.5, 0.6) is 0 Å². The summed E-state index contributed by atoms with van der Waals surface area (Å²) in [7, 11) is -4.44. The lowest BCUT2D eigenvalue weighted by Crippen LogP contribution is -2.56. The van der Waals surface area contributed by atoms with E-state index in [0.717, 1.165) is 12.8 Å². The van der Waals surface area contributed by atoms with Gasteiger partial charge in [-0.3, -0.25) is 0 Å². The van der Waals surface area contributed by atoms with E-state index in [2.05, 4.69) is 74.8 Å². The summed E-state index contributed by atoms with van der Waals surface area (Å²) in [5.41, 5.74) is 0.894. The fraction of sp³-hybridized carbons (Fsp3) is 0.500. The summed E-state index contributed by atoms with van der Waals surface area (Å²) in [4.78, 5) is 0. The summed E-state index contributed by atoms with van der Waals surface area (Å²) >= 11 is 0. The molecule has 0 fully saturated rings. The Morgan fingerprint density at radius 2 is 1.43 bits per heavy atom. The highest BCUT2D eigenvalue weighted by atomic mass is 28.5. The molecule has 2 aliphatic carbocycles. The number of hydrogen-bond acceptors (Lipinski definition) is 2. The quantitative estimate of drug-likeness (QED) is 0.677. The predicted molar refractivity (Wildman–Crippen MR) is 99.0 cm³/mol. The fourth-order valence-electron chi connectivity index (χ4n) is 3.13. The second-order valence-corrected chi connectivity index (χ2v) is 16.4. The van der Waals surface area contributed by atoms with Gasteiger partial charge in [0.1, 0.15) is 9.76 Å². The molecule has 0 bridgehead atoms. The van der Waals surface area contributed by atoms with E-state index in [9.17, 15) is 0 Å². The maximum Gasteiger partial charge on any atom is 0.332 e. The first-order valence-electron chi connectivity index (χ1n) is 7.99. The molecule has 2 atom stereocenters. The number of allylic oxidation sites excluding steroid dienone is 8. The SMILES string of the molecule is C[SiH2]O[Si](O[Si](C)(C)C)(C1C=CC=CC1)C1C=CC=CC1. The maximum atomic E-state index is 6.86. The molecule has 0 heterocycles. The highest BCUT2D eigenvalue weighted by Crippen LogP contribution is 2.44. The third-order valence-corrected chi connectivity index (χ3v) is 13.4. The van der Waals surface area contributed by atoms with Gasteiger partial charge in [0.05, 0.1) is 0 Å². The monoisotopic (exact) mass is 336 g/mol. The van der Waals surface area contributed by atoms with Crippen LogP contribution in [0.25, 0.3) is 0 Å². The van der Waals surface area contributed by atoms with Crippen molar-refractivity contribution in [3.8, 4) is 0 Å². The first-order chi connectivity index (χ1) is 9.98. The molecule has 0 aliphatic heterocycles. The molecule has 116 valence electrons. The minimum absolute atomic E-state index is 0.447. The summed E-state index contributed by atoms with van der Waals surface area (Å²) < 4.78 is 13.5. The Morgan fingerprint density at radius 1 is 0.905 bits per heavy atom. The van der Waals surface area contributed by atoms with Gasteiger partial charge in [0.25, 0.3) is 0 Å². The molecule has 2 unspecified atom stereocenters. The van der Waals surface area contributed by atoms with E-state index in [-0.39, 0.29) is 0 Å². The van der Waals surface area contributed by atoms with Crippen LogP contribution in [0.3, 0.4) is 0 Å². The Balaban J connectivity index is 2.37. The summed E-state index contributed by atoms with van der Waals surface area (Å²) in [6.07, 6.45) is 20.0. The largest absolute Gasteiger partial charge is 0.441 e.